The van der Waals surface area contributed by atoms with Gasteiger partial charge in [0.1, 0.15) is 17.4 Å². The van der Waals surface area contributed by atoms with Crippen molar-refractivity contribution < 1.29 is 18.7 Å². The van der Waals surface area contributed by atoms with E-state index >= 15 is 0 Å². The van der Waals surface area contributed by atoms with E-state index in [1.54, 1.807) is 12.1 Å². The van der Waals surface area contributed by atoms with Crippen LogP contribution in [0.2, 0.25) is 0 Å². The maximum atomic E-state index is 13.5. The Bertz CT molecular complexity index is 662. The summed E-state index contributed by atoms with van der Waals surface area (Å²) in [5.74, 6) is -1.85. The van der Waals surface area contributed by atoms with E-state index in [0.29, 0.717) is 25.2 Å². The molecule has 22 heavy (non-hydrogen) atoms. The number of aromatic hydroxyl groups is 1. The Labute approximate surface area is 126 Å². The molecule has 3 N–H and O–H groups in total. The molecule has 0 unspecified atom stereocenters. The Kier molecular flexibility index (Phi) is 5.30. The predicted octanol–water partition coefficient (Wildman–Crippen LogP) is 2.90. The Hall–Kier alpha value is -2.63. The summed E-state index contributed by atoms with van der Waals surface area (Å²) in [6, 6.07) is 9.46. The van der Waals surface area contributed by atoms with Crippen molar-refractivity contribution >= 4 is 11.6 Å². The number of amides is 1. The number of phenols is 1. The lowest BCUT2D eigenvalue weighted by atomic mass is 10.2. The quantitative estimate of drug-likeness (QED) is 0.719. The van der Waals surface area contributed by atoms with Crippen molar-refractivity contribution in [1.29, 1.82) is 0 Å². The second-order valence-corrected chi connectivity index (χ2v) is 4.71. The van der Waals surface area contributed by atoms with Gasteiger partial charge >= 0.3 is 0 Å². The van der Waals surface area contributed by atoms with Crippen LogP contribution in [0, 0.1) is 11.6 Å². The molecule has 2 aromatic rings. The third-order valence-corrected chi connectivity index (χ3v) is 2.99. The van der Waals surface area contributed by atoms with E-state index in [1.807, 2.05) is 0 Å². The van der Waals surface area contributed by atoms with E-state index in [4.69, 9.17) is 5.11 Å². The van der Waals surface area contributed by atoms with Crippen molar-refractivity contribution in [2.45, 2.75) is 6.42 Å². The maximum absolute atomic E-state index is 13.5. The van der Waals surface area contributed by atoms with Gasteiger partial charge < -0.3 is 15.7 Å². The summed E-state index contributed by atoms with van der Waals surface area (Å²) in [4.78, 5) is 11.8. The average Bonchev–Trinajstić information content (AvgIpc) is 2.46. The largest absolute Gasteiger partial charge is 0.508 e. The summed E-state index contributed by atoms with van der Waals surface area (Å²) in [7, 11) is 0. The standard InChI is InChI=1S/C16H16F2N2O2/c17-11-3-1-4-12(9-11)19-7-2-8-20-16(22)14-6-5-13(21)10-15(14)18/h1,3-6,9-10,19,21H,2,7-8H2,(H,20,22). The molecule has 2 aromatic carbocycles. The molecule has 4 nitrogen and oxygen atoms in total. The van der Waals surface area contributed by atoms with Crippen LogP contribution in [0.15, 0.2) is 42.5 Å². The van der Waals surface area contributed by atoms with Crippen LogP contribution < -0.4 is 10.6 Å². The minimum Gasteiger partial charge on any atom is -0.508 e. The molecular weight excluding hydrogens is 290 g/mol. The number of hydrogen-bond acceptors (Lipinski definition) is 3. The number of hydrogen-bond donors (Lipinski definition) is 3. The molecule has 0 aromatic heterocycles. The lowest BCUT2D eigenvalue weighted by Gasteiger charge is -2.08. The van der Waals surface area contributed by atoms with Crippen LogP contribution >= 0.6 is 0 Å². The Morgan fingerprint density at radius 3 is 2.64 bits per heavy atom. The highest BCUT2D eigenvalue weighted by molar-refractivity contribution is 5.94. The lowest BCUT2D eigenvalue weighted by Crippen LogP contribution is -2.26. The van der Waals surface area contributed by atoms with Gasteiger partial charge in [0.2, 0.25) is 0 Å². The first-order chi connectivity index (χ1) is 10.6. The minimum atomic E-state index is -0.768. The van der Waals surface area contributed by atoms with Gasteiger partial charge in [0.05, 0.1) is 5.56 Å². The minimum absolute atomic E-state index is 0.115. The van der Waals surface area contributed by atoms with Crippen molar-refractivity contribution in [1.82, 2.24) is 5.32 Å². The molecule has 0 bridgehead atoms. The van der Waals surface area contributed by atoms with Gasteiger partial charge in [-0.2, -0.15) is 0 Å². The second kappa shape index (κ2) is 7.40. The third-order valence-electron chi connectivity index (χ3n) is 2.99. The monoisotopic (exact) mass is 306 g/mol. The highest BCUT2D eigenvalue weighted by Gasteiger charge is 2.11. The van der Waals surface area contributed by atoms with Gasteiger partial charge in [0, 0.05) is 24.8 Å². The number of rotatable bonds is 6. The number of benzene rings is 2. The van der Waals surface area contributed by atoms with Gasteiger partial charge in [-0.3, -0.25) is 4.79 Å². The first-order valence-corrected chi connectivity index (χ1v) is 6.82. The van der Waals surface area contributed by atoms with Gasteiger partial charge in [-0.15, -0.1) is 0 Å². The van der Waals surface area contributed by atoms with Crippen molar-refractivity contribution in [2.24, 2.45) is 0 Å². The Morgan fingerprint density at radius 2 is 1.91 bits per heavy atom. The molecule has 2 rings (SSSR count). The van der Waals surface area contributed by atoms with E-state index in [9.17, 15) is 13.6 Å². The third kappa shape index (κ3) is 4.44. The second-order valence-electron chi connectivity index (χ2n) is 4.71. The fraction of sp³-hybridized carbons (Fsp3) is 0.188. The maximum Gasteiger partial charge on any atom is 0.254 e. The molecule has 0 aliphatic rings. The molecule has 0 radical (unpaired) electrons. The molecule has 0 fully saturated rings. The highest BCUT2D eigenvalue weighted by atomic mass is 19.1. The zero-order valence-electron chi connectivity index (χ0n) is 11.8. The van der Waals surface area contributed by atoms with Crippen molar-refractivity contribution in [3.8, 4) is 5.75 Å². The van der Waals surface area contributed by atoms with Crippen LogP contribution in [0.25, 0.3) is 0 Å². The van der Waals surface area contributed by atoms with Gasteiger partial charge in [0.25, 0.3) is 5.91 Å². The number of halogens is 2. The fourth-order valence-electron chi connectivity index (χ4n) is 1.90. The van der Waals surface area contributed by atoms with Gasteiger partial charge in [-0.1, -0.05) is 6.07 Å². The summed E-state index contributed by atoms with van der Waals surface area (Å²) in [6.45, 7) is 0.892. The van der Waals surface area contributed by atoms with Crippen LogP contribution in [0.3, 0.4) is 0 Å². The average molecular weight is 306 g/mol. The number of anilines is 1. The zero-order valence-corrected chi connectivity index (χ0v) is 11.8. The summed E-state index contributed by atoms with van der Waals surface area (Å²) in [6.07, 6.45) is 0.599. The molecular formula is C16H16F2N2O2. The van der Waals surface area contributed by atoms with Gasteiger partial charge in [0.15, 0.2) is 0 Å². The molecule has 6 heteroatoms. The fourth-order valence-corrected chi connectivity index (χ4v) is 1.90. The van der Waals surface area contributed by atoms with Crippen LogP contribution in [0.5, 0.6) is 5.75 Å². The molecule has 0 aliphatic heterocycles. The Balaban J connectivity index is 1.73. The normalized spacial score (nSPS) is 10.3. The molecule has 0 saturated carbocycles. The van der Waals surface area contributed by atoms with Crippen molar-refractivity contribution in [3.63, 3.8) is 0 Å². The summed E-state index contributed by atoms with van der Waals surface area (Å²) in [5, 5.41) is 14.7. The van der Waals surface area contributed by atoms with Crippen molar-refractivity contribution in [2.75, 3.05) is 18.4 Å². The summed E-state index contributed by atoms with van der Waals surface area (Å²) in [5.41, 5.74) is 0.548. The molecule has 1 amide bonds. The zero-order chi connectivity index (χ0) is 15.9. The molecule has 0 spiro atoms. The summed E-state index contributed by atoms with van der Waals surface area (Å²) >= 11 is 0. The van der Waals surface area contributed by atoms with E-state index < -0.39 is 11.7 Å². The van der Waals surface area contributed by atoms with E-state index in [0.717, 1.165) is 6.07 Å². The van der Waals surface area contributed by atoms with E-state index in [-0.39, 0.29) is 17.1 Å². The topological polar surface area (TPSA) is 61.4 Å². The number of carbonyl (C=O) groups is 1. The van der Waals surface area contributed by atoms with Crippen molar-refractivity contribution in [3.05, 3.63) is 59.7 Å². The first kappa shape index (κ1) is 15.8. The first-order valence-electron chi connectivity index (χ1n) is 6.82. The predicted molar refractivity (Wildman–Crippen MR) is 79.9 cm³/mol. The van der Waals surface area contributed by atoms with Crippen LogP contribution in [0.4, 0.5) is 14.5 Å². The number of phenolic OH excluding ortho intramolecular Hbond substituents is 1. The molecule has 0 saturated heterocycles. The van der Waals surface area contributed by atoms with Gasteiger partial charge in [-0.25, -0.2) is 8.78 Å². The molecule has 0 atom stereocenters. The molecule has 0 heterocycles. The number of carbonyl (C=O) groups excluding carboxylic acids is 1. The Morgan fingerprint density at radius 1 is 1.09 bits per heavy atom. The van der Waals surface area contributed by atoms with E-state index in [2.05, 4.69) is 10.6 Å². The van der Waals surface area contributed by atoms with Gasteiger partial charge in [-0.05, 0) is 36.8 Å². The summed E-state index contributed by atoms with van der Waals surface area (Å²) < 4.78 is 26.4. The van der Waals surface area contributed by atoms with Crippen LogP contribution in [0.1, 0.15) is 16.8 Å². The SMILES string of the molecule is O=C(NCCCNc1cccc(F)c1)c1ccc(O)cc1F. The van der Waals surface area contributed by atoms with E-state index in [1.165, 1.54) is 24.3 Å². The van der Waals surface area contributed by atoms with Crippen LogP contribution in [-0.2, 0) is 0 Å². The lowest BCUT2D eigenvalue weighted by molar-refractivity contribution is 0.0949. The smallest absolute Gasteiger partial charge is 0.254 e. The molecule has 0 aliphatic carbocycles. The molecule has 116 valence electrons. The highest BCUT2D eigenvalue weighted by Crippen LogP contribution is 2.14. The van der Waals surface area contributed by atoms with Crippen LogP contribution in [-0.4, -0.2) is 24.1 Å². The number of nitrogens with one attached hydrogen (secondary N) is 2.